The van der Waals surface area contributed by atoms with Gasteiger partial charge in [0.2, 0.25) is 0 Å². The van der Waals surface area contributed by atoms with Crippen LogP contribution in [-0.4, -0.2) is 32.3 Å². The van der Waals surface area contributed by atoms with Gasteiger partial charge in [0, 0.05) is 40.0 Å². The second kappa shape index (κ2) is 27.1. The van der Waals surface area contributed by atoms with Crippen LogP contribution in [0.2, 0.25) is 66.5 Å². The summed E-state index contributed by atoms with van der Waals surface area (Å²) in [6.45, 7) is 63.1. The Morgan fingerprint density at radius 3 is 0.702 bits per heavy atom. The van der Waals surface area contributed by atoms with E-state index in [1.807, 2.05) is 0 Å². The highest BCUT2D eigenvalue weighted by molar-refractivity contribution is 6.92. The monoisotopic (exact) mass is 1310 g/mol. The molecule has 4 heteroatoms. The SMILES string of the molecule is Cc1cc2ccc(C#C[Si](C(C)C)(C(C)C)C(C)C)cc2cc1C1c2cc3cc(C#C[Si](C(C)C)(C(C)C)C(C)C)ccc3cc2C(C)C2c3cc4cc(C#C[Si](C(C)C)(C(C)C)C(C)C)ccc4cc3C1c1cc3ccc(C#C[Si](C(C)C)(C(C)C)C(C)C)cc3cc12. The highest BCUT2D eigenvalue weighted by Gasteiger charge is 2.48. The summed E-state index contributed by atoms with van der Waals surface area (Å²) in [5, 5.41) is 10.2. The molecule has 94 heavy (non-hydrogen) atoms. The van der Waals surface area contributed by atoms with Crippen molar-refractivity contribution in [1.82, 2.24) is 0 Å². The van der Waals surface area contributed by atoms with E-state index in [0.717, 1.165) is 22.3 Å². The molecule has 0 heterocycles. The van der Waals surface area contributed by atoms with Crippen molar-refractivity contribution < 1.29 is 0 Å². The van der Waals surface area contributed by atoms with Crippen molar-refractivity contribution in [2.75, 3.05) is 0 Å². The van der Waals surface area contributed by atoms with Crippen LogP contribution in [0.1, 0.15) is 264 Å². The number of fused-ring (bicyclic) bond motifs is 4. The molecule has 0 saturated heterocycles. The van der Waals surface area contributed by atoms with Crippen molar-refractivity contribution in [3.8, 4) is 45.9 Å². The van der Waals surface area contributed by atoms with Gasteiger partial charge < -0.3 is 0 Å². The molecule has 0 nitrogen and oxygen atoms in total. The predicted octanol–water partition coefficient (Wildman–Crippen LogP) is 26.4. The van der Waals surface area contributed by atoms with Gasteiger partial charge in [-0.25, -0.2) is 0 Å². The van der Waals surface area contributed by atoms with Crippen LogP contribution in [0.4, 0.5) is 0 Å². The molecule has 0 aromatic heterocycles. The van der Waals surface area contributed by atoms with Gasteiger partial charge in [-0.1, -0.05) is 270 Å². The quantitative estimate of drug-likeness (QED) is 0.0797. The fourth-order valence-corrected chi connectivity index (χ4v) is 41.1. The third-order valence-corrected chi connectivity index (χ3v) is 50.0. The average molecular weight is 1310 g/mol. The van der Waals surface area contributed by atoms with E-state index < -0.39 is 32.3 Å². The van der Waals surface area contributed by atoms with Crippen LogP contribution in [0.3, 0.4) is 0 Å². The van der Waals surface area contributed by atoms with Crippen LogP contribution in [-0.2, 0) is 0 Å². The third-order valence-electron chi connectivity index (χ3n) is 24.8. The lowest BCUT2D eigenvalue weighted by atomic mass is 9.57. The van der Waals surface area contributed by atoms with E-state index in [4.69, 9.17) is 0 Å². The predicted molar refractivity (Wildman–Crippen MR) is 426 cm³/mol. The molecule has 2 atom stereocenters. The number of hydrogen-bond acceptors (Lipinski definition) is 0. The van der Waals surface area contributed by atoms with Crippen LogP contribution < -0.4 is 0 Å². The largest absolute Gasteiger partial charge is 0.146 e. The highest BCUT2D eigenvalue weighted by Crippen LogP contribution is 2.61. The molecule has 2 unspecified atom stereocenters. The van der Waals surface area contributed by atoms with E-state index in [-0.39, 0.29) is 23.7 Å². The molecule has 0 aliphatic heterocycles. The summed E-state index contributed by atoms with van der Waals surface area (Å²) in [5.41, 5.74) is 39.0. The molecule has 0 amide bonds. The topological polar surface area (TPSA) is 0 Å². The molecule has 2 bridgehead atoms. The van der Waals surface area contributed by atoms with Crippen molar-refractivity contribution in [3.05, 3.63) is 188 Å². The second-order valence-corrected chi connectivity index (χ2v) is 55.5. The van der Waals surface area contributed by atoms with E-state index in [1.54, 1.807) is 0 Å². The van der Waals surface area contributed by atoms with Gasteiger partial charge >= 0.3 is 0 Å². The number of rotatable bonds is 13. The molecule has 0 radical (unpaired) electrons. The molecule has 0 spiro atoms. The van der Waals surface area contributed by atoms with Crippen molar-refractivity contribution >= 4 is 75.4 Å². The molecule has 8 aromatic rings. The molecule has 3 aliphatic rings. The zero-order valence-electron chi connectivity index (χ0n) is 62.8. The summed E-state index contributed by atoms with van der Waals surface area (Å²) in [6.07, 6.45) is 0. The summed E-state index contributed by atoms with van der Waals surface area (Å²) in [6, 6.07) is 49.3. The van der Waals surface area contributed by atoms with Crippen molar-refractivity contribution in [2.45, 2.75) is 270 Å². The Kier molecular flexibility index (Phi) is 20.4. The lowest BCUT2D eigenvalue weighted by Gasteiger charge is -2.45. The Bertz CT molecular complexity index is 4240. The Labute approximate surface area is 575 Å². The van der Waals surface area contributed by atoms with Crippen molar-refractivity contribution in [2.24, 2.45) is 0 Å². The number of hydrogen-bond donors (Lipinski definition) is 0. The minimum atomic E-state index is -1.99. The molecule has 490 valence electrons. The van der Waals surface area contributed by atoms with Crippen LogP contribution >= 0.6 is 0 Å². The zero-order chi connectivity index (χ0) is 68.6. The Balaban J connectivity index is 1.30. The fraction of sp³-hybridized carbons (Fsp3) is 0.467. The summed E-state index contributed by atoms with van der Waals surface area (Å²) in [4.78, 5) is 0. The van der Waals surface area contributed by atoms with Crippen LogP contribution in [0, 0.1) is 52.8 Å². The lowest BCUT2D eigenvalue weighted by molar-refractivity contribution is 0.551. The van der Waals surface area contributed by atoms with Crippen LogP contribution in [0.25, 0.3) is 43.1 Å². The van der Waals surface area contributed by atoms with Gasteiger partial charge in [0.15, 0.2) is 0 Å². The first-order chi connectivity index (χ1) is 44.3. The first-order valence-electron chi connectivity index (χ1n) is 36.7. The Morgan fingerprint density at radius 1 is 0.234 bits per heavy atom. The average Bonchev–Trinajstić information content (AvgIpc) is 0.697. The summed E-state index contributed by atoms with van der Waals surface area (Å²) >= 11 is 0. The minimum absolute atomic E-state index is 0.00578. The van der Waals surface area contributed by atoms with Gasteiger partial charge in [0.1, 0.15) is 32.3 Å². The zero-order valence-corrected chi connectivity index (χ0v) is 66.8. The highest BCUT2D eigenvalue weighted by atomic mass is 28.3. The summed E-state index contributed by atoms with van der Waals surface area (Å²) < 4.78 is 0. The molecular weight excluding hydrogens is 1190 g/mol. The smallest absolute Gasteiger partial charge is 0.125 e. The molecule has 11 rings (SSSR count). The maximum Gasteiger partial charge on any atom is 0.146 e. The van der Waals surface area contributed by atoms with Crippen molar-refractivity contribution in [3.63, 3.8) is 0 Å². The molecule has 0 saturated carbocycles. The maximum atomic E-state index is 4.10. The summed E-state index contributed by atoms with van der Waals surface area (Å²) in [7, 11) is -7.94. The van der Waals surface area contributed by atoms with Gasteiger partial charge in [-0.05, 0) is 215 Å². The Hall–Kier alpha value is -6.09. The van der Waals surface area contributed by atoms with E-state index in [2.05, 4.69) is 347 Å². The van der Waals surface area contributed by atoms with Crippen molar-refractivity contribution in [1.29, 1.82) is 0 Å². The van der Waals surface area contributed by atoms with Gasteiger partial charge in [-0.2, -0.15) is 0 Å². The van der Waals surface area contributed by atoms with E-state index in [9.17, 15) is 0 Å². The van der Waals surface area contributed by atoms with Gasteiger partial charge in [0.05, 0.1) is 0 Å². The lowest BCUT2D eigenvalue weighted by Crippen LogP contribution is -2.43. The number of benzene rings is 8. The second-order valence-electron chi connectivity index (χ2n) is 33.2. The molecule has 0 N–H and O–H groups in total. The number of aryl methyl sites for hydroxylation is 1. The van der Waals surface area contributed by atoms with E-state index in [1.165, 1.54) is 87.6 Å². The molecule has 3 aliphatic carbocycles. The first-order valence-corrected chi connectivity index (χ1v) is 45.6. The van der Waals surface area contributed by atoms with Gasteiger partial charge in [-0.15, -0.1) is 22.2 Å². The maximum absolute atomic E-state index is 4.10. The standard InChI is InChI=1S/C90H114Si4/c1-55(2)91(56(3)4,57(5)6)39-35-69-27-31-73-43-67(25)81(51-77(73)44-69)89-83-52-78-45-70(36-40-92(58(7)8,59(9)10)60(11)12)28-32-74(78)48-82(83)68(26)88-84-53-79-46-71(37-41-93(61(13)14,62(15)16)63(17)18)29-33-75(79)49-86(84)90(89)87-50-76-34-30-72(47-80(76)54-85(87)88)38-42-94(64(19)20,65(21)22)66(23)24/h27-34,43-66,68,88-90H,1-26H3. The fourth-order valence-electron chi connectivity index (χ4n) is 20.2. The Morgan fingerprint density at radius 2 is 0.436 bits per heavy atom. The van der Waals surface area contributed by atoms with E-state index >= 15 is 0 Å². The third kappa shape index (κ3) is 12.1. The molecule has 0 fully saturated rings. The first kappa shape index (κ1) is 70.7. The molecular formula is C90H114Si4. The van der Waals surface area contributed by atoms with Crippen LogP contribution in [0.15, 0.2) is 121 Å². The van der Waals surface area contributed by atoms with E-state index in [0.29, 0.717) is 66.5 Å². The van der Waals surface area contributed by atoms with Crippen LogP contribution in [0.5, 0.6) is 0 Å². The normalized spacial score (nSPS) is 16.8. The van der Waals surface area contributed by atoms with Gasteiger partial charge in [0.25, 0.3) is 0 Å². The van der Waals surface area contributed by atoms with Gasteiger partial charge in [-0.3, -0.25) is 0 Å². The minimum Gasteiger partial charge on any atom is -0.125 e. The molecule has 8 aromatic carbocycles. The summed E-state index contributed by atoms with van der Waals surface area (Å²) in [5.74, 6) is 15.7.